The van der Waals surface area contributed by atoms with Crippen LogP contribution in [0.15, 0.2) is 85.1 Å². The molecule has 12 heteroatoms. The molecule has 0 amide bonds. The van der Waals surface area contributed by atoms with Gasteiger partial charge in [-0.25, -0.2) is 4.57 Å². The van der Waals surface area contributed by atoms with Crippen LogP contribution in [0, 0.1) is 0 Å². The van der Waals surface area contributed by atoms with E-state index in [9.17, 15) is 28.9 Å². The summed E-state index contributed by atoms with van der Waals surface area (Å²) in [5, 5.41) is 9.81. The van der Waals surface area contributed by atoms with Crippen LogP contribution in [0.3, 0.4) is 0 Å². The number of esters is 3. The van der Waals surface area contributed by atoms with Crippen molar-refractivity contribution in [2.75, 3.05) is 26.4 Å². The van der Waals surface area contributed by atoms with E-state index in [1.54, 1.807) is 0 Å². The zero-order chi connectivity index (χ0) is 54.1. The molecule has 426 valence electrons. The third-order valence-corrected chi connectivity index (χ3v) is 13.2. The Balaban J connectivity index is 4.73. The Labute approximate surface area is 451 Å². The zero-order valence-electron chi connectivity index (χ0n) is 47.0. The van der Waals surface area contributed by atoms with Gasteiger partial charge in [-0.05, 0) is 103 Å². The first-order valence-electron chi connectivity index (χ1n) is 29.5. The lowest BCUT2D eigenvalue weighted by Gasteiger charge is -2.21. The number of hydrogen-bond acceptors (Lipinski definition) is 10. The maximum atomic E-state index is 12.9. The van der Waals surface area contributed by atoms with E-state index in [-0.39, 0.29) is 25.9 Å². The topological polar surface area (TPSA) is 155 Å². The van der Waals surface area contributed by atoms with Crippen LogP contribution in [-0.4, -0.2) is 66.5 Å². The highest BCUT2D eigenvalue weighted by molar-refractivity contribution is 7.47. The highest BCUT2D eigenvalue weighted by Crippen LogP contribution is 2.43. The molecular weight excluding hydrogens is 952 g/mol. The van der Waals surface area contributed by atoms with Crippen molar-refractivity contribution in [2.45, 2.75) is 264 Å². The van der Waals surface area contributed by atoms with Gasteiger partial charge in [0, 0.05) is 19.3 Å². The second-order valence-electron chi connectivity index (χ2n) is 19.4. The average molecular weight is 1060 g/mol. The van der Waals surface area contributed by atoms with E-state index in [2.05, 4.69) is 93.7 Å². The molecule has 0 aliphatic carbocycles. The van der Waals surface area contributed by atoms with E-state index in [0.29, 0.717) is 25.7 Å². The van der Waals surface area contributed by atoms with Gasteiger partial charge in [0.1, 0.15) is 12.7 Å². The molecular formula is C62H107O11P. The molecule has 0 bridgehead atoms. The average Bonchev–Trinajstić information content (AvgIpc) is 3.39. The Morgan fingerprint density at radius 3 is 1.19 bits per heavy atom. The second-order valence-corrected chi connectivity index (χ2v) is 20.9. The van der Waals surface area contributed by atoms with Gasteiger partial charge in [-0.2, -0.15) is 0 Å². The molecule has 2 N–H and O–H groups in total. The molecule has 0 saturated carbocycles. The molecule has 0 aliphatic rings. The molecule has 0 aromatic carbocycles. The van der Waals surface area contributed by atoms with E-state index in [1.165, 1.54) is 96.3 Å². The lowest BCUT2D eigenvalue weighted by Crippen LogP contribution is -2.30. The highest BCUT2D eigenvalue weighted by Gasteiger charge is 2.28. The molecule has 0 aliphatic heterocycles. The molecule has 74 heavy (non-hydrogen) atoms. The number of carbonyl (C=O) groups excluding carboxylic acids is 3. The predicted molar refractivity (Wildman–Crippen MR) is 307 cm³/mol. The summed E-state index contributed by atoms with van der Waals surface area (Å²) in [6.07, 6.45) is 64.1. The number of phosphoric ester groups is 1. The van der Waals surface area contributed by atoms with Gasteiger partial charge in [-0.1, -0.05) is 215 Å². The van der Waals surface area contributed by atoms with E-state index >= 15 is 0 Å². The smallest absolute Gasteiger partial charge is 0.462 e. The highest BCUT2D eigenvalue weighted by atomic mass is 31.2. The molecule has 0 rings (SSSR count). The normalized spacial score (nSPS) is 14.0. The third kappa shape index (κ3) is 53.5. The van der Waals surface area contributed by atoms with Crippen molar-refractivity contribution in [3.8, 4) is 0 Å². The van der Waals surface area contributed by atoms with Crippen molar-refractivity contribution in [3.05, 3.63) is 85.1 Å². The molecule has 0 saturated heterocycles. The number of phosphoric acid groups is 1. The van der Waals surface area contributed by atoms with Gasteiger partial charge >= 0.3 is 25.7 Å². The second kappa shape index (κ2) is 55.9. The van der Waals surface area contributed by atoms with Gasteiger partial charge in [0.15, 0.2) is 6.10 Å². The molecule has 0 aromatic heterocycles. The SMILES string of the molecule is CC/C=C\C/C=C\C/C=C\C/C=C\C/C=C\CCCC(=O)OC(CO)COP(=O)(O)OCC(COC(=O)CCCCCCC/C=C\CCCC)OC(=O)CCCCCCCCCCC/C=C\CCCCCCCC. The Bertz CT molecular complexity index is 1560. The summed E-state index contributed by atoms with van der Waals surface area (Å²) in [4.78, 5) is 48.5. The summed E-state index contributed by atoms with van der Waals surface area (Å²) < 4.78 is 39.5. The van der Waals surface area contributed by atoms with Crippen LogP contribution < -0.4 is 0 Å². The van der Waals surface area contributed by atoms with Crippen LogP contribution in [0.1, 0.15) is 252 Å². The molecule has 11 nitrogen and oxygen atoms in total. The molecule has 0 aromatic rings. The summed E-state index contributed by atoms with van der Waals surface area (Å²) >= 11 is 0. The summed E-state index contributed by atoms with van der Waals surface area (Å²) in [6, 6.07) is 0. The molecule has 3 atom stereocenters. The number of ether oxygens (including phenoxy) is 3. The van der Waals surface area contributed by atoms with Crippen molar-refractivity contribution < 1.29 is 52.2 Å². The summed E-state index contributed by atoms with van der Waals surface area (Å²) in [6.45, 7) is 4.42. The fourth-order valence-corrected chi connectivity index (χ4v) is 8.56. The van der Waals surface area contributed by atoms with Gasteiger partial charge < -0.3 is 24.2 Å². The maximum Gasteiger partial charge on any atom is 0.472 e. The van der Waals surface area contributed by atoms with Crippen molar-refractivity contribution in [1.82, 2.24) is 0 Å². The Kier molecular flexibility index (Phi) is 53.4. The molecule has 0 radical (unpaired) electrons. The first kappa shape index (κ1) is 70.7. The number of hydrogen-bond donors (Lipinski definition) is 2. The third-order valence-electron chi connectivity index (χ3n) is 12.3. The fraction of sp³-hybridized carbons (Fsp3) is 0.726. The fourth-order valence-electron chi connectivity index (χ4n) is 7.78. The van der Waals surface area contributed by atoms with Crippen molar-refractivity contribution in [3.63, 3.8) is 0 Å². The number of aliphatic hydroxyl groups excluding tert-OH is 1. The van der Waals surface area contributed by atoms with Gasteiger partial charge in [0.25, 0.3) is 0 Å². The number of aliphatic hydroxyl groups is 1. The molecule has 0 heterocycles. The van der Waals surface area contributed by atoms with Gasteiger partial charge in [-0.15, -0.1) is 0 Å². The minimum atomic E-state index is -4.77. The van der Waals surface area contributed by atoms with Crippen molar-refractivity contribution in [2.24, 2.45) is 0 Å². The minimum absolute atomic E-state index is 0.0960. The van der Waals surface area contributed by atoms with Gasteiger partial charge in [0.05, 0.1) is 19.8 Å². The summed E-state index contributed by atoms with van der Waals surface area (Å²) in [7, 11) is -4.77. The lowest BCUT2D eigenvalue weighted by atomic mass is 10.1. The van der Waals surface area contributed by atoms with E-state index < -0.39 is 57.8 Å². The van der Waals surface area contributed by atoms with Crippen LogP contribution in [0.2, 0.25) is 0 Å². The monoisotopic (exact) mass is 1060 g/mol. The predicted octanol–water partition coefficient (Wildman–Crippen LogP) is 17.5. The van der Waals surface area contributed by atoms with Crippen LogP contribution in [0.25, 0.3) is 0 Å². The largest absolute Gasteiger partial charge is 0.472 e. The van der Waals surface area contributed by atoms with E-state index in [4.69, 9.17) is 23.3 Å². The summed E-state index contributed by atoms with van der Waals surface area (Å²) in [5.41, 5.74) is 0. The quantitative estimate of drug-likeness (QED) is 0.0197. The van der Waals surface area contributed by atoms with Crippen LogP contribution in [0.4, 0.5) is 0 Å². The van der Waals surface area contributed by atoms with Crippen molar-refractivity contribution >= 4 is 25.7 Å². The van der Waals surface area contributed by atoms with E-state index in [0.717, 1.165) is 89.9 Å². The molecule has 3 unspecified atom stereocenters. The first-order valence-corrected chi connectivity index (χ1v) is 31.0. The zero-order valence-corrected chi connectivity index (χ0v) is 47.9. The number of unbranched alkanes of at least 4 members (excludes halogenated alkanes) is 23. The van der Waals surface area contributed by atoms with E-state index in [1.807, 2.05) is 12.2 Å². The van der Waals surface area contributed by atoms with Gasteiger partial charge in [0.2, 0.25) is 0 Å². The Morgan fingerprint density at radius 2 is 0.730 bits per heavy atom. The Morgan fingerprint density at radius 1 is 0.392 bits per heavy atom. The van der Waals surface area contributed by atoms with Crippen LogP contribution in [0.5, 0.6) is 0 Å². The lowest BCUT2D eigenvalue weighted by molar-refractivity contribution is -0.161. The van der Waals surface area contributed by atoms with Gasteiger partial charge in [-0.3, -0.25) is 23.4 Å². The molecule has 0 fully saturated rings. The first-order chi connectivity index (χ1) is 36.2. The molecule has 0 spiro atoms. The standard InChI is InChI=1S/C62H107O11P/c1-4-7-10-13-16-19-22-24-26-28-29-31-33-35-38-41-44-47-50-53-62(66)73-59(55-69-60(64)51-48-45-42-39-36-21-18-15-12-9-6-3)57-71-74(67,68)70-56-58(54-63)72-61(65)52-49-46-43-40-37-34-32-30-27-25-23-20-17-14-11-8-5-2/h8,11,15,17-18,20,24-27,32,34,40,43,58-59,63H,4-7,9-10,12-14,16,19,21-23,28-31,33,35-39,41-42,44-57H2,1-3H3,(H,67,68)/b11-8-,18-15-,20-17-,26-24-,27-25-,34-32-,43-40-. The van der Waals surface area contributed by atoms with Crippen LogP contribution >= 0.6 is 7.82 Å². The number of rotatable bonds is 54. The summed E-state index contributed by atoms with van der Waals surface area (Å²) in [5.74, 6) is -1.54. The van der Waals surface area contributed by atoms with Crippen molar-refractivity contribution in [1.29, 1.82) is 0 Å². The minimum Gasteiger partial charge on any atom is -0.462 e. The maximum absolute atomic E-state index is 12.9. The number of carbonyl (C=O) groups is 3. The van der Waals surface area contributed by atoms with Crippen LogP contribution in [-0.2, 0) is 42.2 Å². The number of allylic oxidation sites excluding steroid dienone is 14. The Hall–Kier alpha value is -3.34.